The van der Waals surface area contributed by atoms with Gasteiger partial charge in [0.05, 0.1) is 21.9 Å². The number of sulfone groups is 1. The molecule has 3 fully saturated rings. The lowest BCUT2D eigenvalue weighted by Gasteiger charge is -2.55. The van der Waals surface area contributed by atoms with Crippen LogP contribution in [0.25, 0.3) is 22.3 Å². The number of aryl methyl sites for hydroxylation is 1. The fraction of sp³-hybridized carbons (Fsp3) is 0.500. The van der Waals surface area contributed by atoms with E-state index in [1.807, 2.05) is 25.3 Å². The predicted molar refractivity (Wildman–Crippen MR) is 175 cm³/mol. The average Bonchev–Trinajstić information content (AvgIpc) is 3.38. The molecule has 12 heteroatoms. The number of nitrogens with zero attached hydrogens (tertiary/aromatic N) is 5. The van der Waals surface area contributed by atoms with E-state index in [-0.39, 0.29) is 33.7 Å². The van der Waals surface area contributed by atoms with E-state index in [2.05, 4.69) is 30.5 Å². The molecule has 0 unspecified atom stereocenters. The number of anilines is 2. The quantitative estimate of drug-likeness (QED) is 0.245. The fourth-order valence-electron chi connectivity index (χ4n) is 7.85. The number of likely N-dealkylation sites (tertiary alicyclic amines) is 1. The van der Waals surface area contributed by atoms with Gasteiger partial charge in [-0.2, -0.15) is 0 Å². The Labute approximate surface area is 268 Å². The first kappa shape index (κ1) is 31.1. The Morgan fingerprint density at radius 1 is 1.00 bits per heavy atom. The first-order chi connectivity index (χ1) is 22.0. The molecule has 1 spiro atoms. The van der Waals surface area contributed by atoms with Gasteiger partial charge in [-0.05, 0) is 127 Å². The maximum Gasteiger partial charge on any atom is 0.227 e. The molecule has 9 nitrogen and oxygen atoms in total. The highest BCUT2D eigenvalue weighted by molar-refractivity contribution is 7.92. The summed E-state index contributed by atoms with van der Waals surface area (Å²) in [5, 5.41) is 6.10. The molecular weight excluding hydrogens is 608 g/mol. The second-order valence-corrected chi connectivity index (χ2v) is 15.8. The average molecular weight is 650 g/mol. The van der Waals surface area contributed by atoms with Crippen LogP contribution in [0, 0.1) is 24.0 Å². The molecule has 7 rings (SSSR count). The van der Waals surface area contributed by atoms with Crippen molar-refractivity contribution in [3.63, 3.8) is 0 Å². The number of imidazole rings is 1. The van der Waals surface area contributed by atoms with Gasteiger partial charge in [0.2, 0.25) is 5.95 Å². The van der Waals surface area contributed by atoms with Crippen LogP contribution in [-0.4, -0.2) is 70.3 Å². The summed E-state index contributed by atoms with van der Waals surface area (Å²) in [5.74, 6) is -0.469. The molecular formula is C34H41F2N7O2S. The van der Waals surface area contributed by atoms with Crippen molar-refractivity contribution in [2.45, 2.75) is 81.5 Å². The summed E-state index contributed by atoms with van der Waals surface area (Å²) in [7, 11) is -3.48. The summed E-state index contributed by atoms with van der Waals surface area (Å²) < 4.78 is 59.0. The minimum absolute atomic E-state index is 0.0334. The lowest BCUT2D eigenvalue weighted by atomic mass is 9.60. The van der Waals surface area contributed by atoms with Crippen LogP contribution in [0.1, 0.15) is 64.2 Å². The van der Waals surface area contributed by atoms with E-state index in [4.69, 9.17) is 0 Å². The number of piperidine rings is 2. The van der Waals surface area contributed by atoms with E-state index in [1.54, 1.807) is 30.3 Å². The second-order valence-electron chi connectivity index (χ2n) is 13.6. The maximum absolute atomic E-state index is 15.1. The normalized spacial score (nSPS) is 19.6. The topological polar surface area (TPSA) is 105 Å². The zero-order chi connectivity index (χ0) is 32.2. The van der Waals surface area contributed by atoms with Crippen molar-refractivity contribution in [2.75, 3.05) is 31.5 Å². The Balaban J connectivity index is 1.02. The van der Waals surface area contributed by atoms with Crippen LogP contribution in [0.4, 0.5) is 20.4 Å². The molecule has 1 aliphatic carbocycles. The number of hydrogen-bond acceptors (Lipinski definition) is 8. The summed E-state index contributed by atoms with van der Waals surface area (Å²) >= 11 is 0. The molecule has 2 saturated heterocycles. The monoisotopic (exact) mass is 649 g/mol. The minimum atomic E-state index is -3.48. The van der Waals surface area contributed by atoms with Crippen molar-refractivity contribution in [3.8, 4) is 11.3 Å². The highest BCUT2D eigenvalue weighted by Crippen LogP contribution is 2.50. The van der Waals surface area contributed by atoms with Gasteiger partial charge in [0.15, 0.2) is 21.5 Å². The van der Waals surface area contributed by atoms with Gasteiger partial charge in [-0.15, -0.1) is 0 Å². The van der Waals surface area contributed by atoms with Crippen LogP contribution in [0.15, 0.2) is 47.5 Å². The van der Waals surface area contributed by atoms with Crippen molar-refractivity contribution >= 4 is 32.5 Å². The Morgan fingerprint density at radius 2 is 1.70 bits per heavy atom. The number of fused-ring (bicyclic) bond motifs is 1. The smallest absolute Gasteiger partial charge is 0.227 e. The van der Waals surface area contributed by atoms with E-state index in [9.17, 15) is 12.8 Å². The molecule has 0 amide bonds. The van der Waals surface area contributed by atoms with Crippen LogP contribution in [0.2, 0.25) is 0 Å². The van der Waals surface area contributed by atoms with Gasteiger partial charge in [-0.3, -0.25) is 0 Å². The zero-order valence-electron chi connectivity index (χ0n) is 26.6. The van der Waals surface area contributed by atoms with Crippen LogP contribution in [0.5, 0.6) is 0 Å². The number of nitrogens with one attached hydrogen (secondary N) is 2. The summed E-state index contributed by atoms with van der Waals surface area (Å²) in [5.41, 5.74) is 2.08. The molecule has 2 N–H and O–H groups in total. The standard InChI is InChI=1S/C34H41F2N7O2S/c1-21(2)43-22(3)39-32-28(35)16-23(17-30(32)43)31-29(36)20-38-33(41-31)40-24-4-6-26(7-5-24)46(44,45)27-8-14-42(15-9-27)25-18-34(19-25)10-12-37-13-11-34/h4-7,16-17,20-21,25,27,37H,8-15,18-19H2,1-3H3,(H,38,40,41). The molecule has 2 aliphatic heterocycles. The van der Waals surface area contributed by atoms with Gasteiger partial charge >= 0.3 is 0 Å². The minimum Gasteiger partial charge on any atom is -0.326 e. The van der Waals surface area contributed by atoms with Gasteiger partial charge in [-0.1, -0.05) is 0 Å². The molecule has 2 aromatic heterocycles. The molecule has 244 valence electrons. The molecule has 2 aromatic carbocycles. The van der Waals surface area contributed by atoms with Crippen molar-refractivity contribution in [1.82, 2.24) is 29.7 Å². The first-order valence-electron chi connectivity index (χ1n) is 16.3. The van der Waals surface area contributed by atoms with Crippen molar-refractivity contribution in [2.24, 2.45) is 5.41 Å². The van der Waals surface area contributed by atoms with E-state index in [1.165, 1.54) is 31.7 Å². The lowest BCUT2D eigenvalue weighted by Crippen LogP contribution is -2.56. The van der Waals surface area contributed by atoms with Gasteiger partial charge < -0.3 is 20.1 Å². The molecule has 0 atom stereocenters. The number of hydrogen-bond donors (Lipinski definition) is 2. The lowest BCUT2D eigenvalue weighted by molar-refractivity contribution is -0.0269. The summed E-state index contributed by atoms with van der Waals surface area (Å²) in [6, 6.07) is 10.1. The van der Waals surface area contributed by atoms with Gasteiger partial charge in [0, 0.05) is 23.3 Å². The highest BCUT2D eigenvalue weighted by Gasteiger charge is 2.47. The van der Waals surface area contributed by atoms with Crippen LogP contribution < -0.4 is 10.6 Å². The van der Waals surface area contributed by atoms with Crippen molar-refractivity contribution in [3.05, 3.63) is 60.1 Å². The van der Waals surface area contributed by atoms with Gasteiger partial charge in [0.25, 0.3) is 0 Å². The van der Waals surface area contributed by atoms with Crippen LogP contribution in [-0.2, 0) is 9.84 Å². The predicted octanol–water partition coefficient (Wildman–Crippen LogP) is 6.17. The van der Waals surface area contributed by atoms with Gasteiger partial charge in [0.1, 0.15) is 17.0 Å². The van der Waals surface area contributed by atoms with Crippen molar-refractivity contribution in [1.29, 1.82) is 0 Å². The largest absolute Gasteiger partial charge is 0.326 e. The van der Waals surface area contributed by atoms with Crippen LogP contribution in [0.3, 0.4) is 0 Å². The Hall–Kier alpha value is -3.48. The molecule has 4 aromatic rings. The van der Waals surface area contributed by atoms with Crippen LogP contribution >= 0.6 is 0 Å². The third-order valence-electron chi connectivity index (χ3n) is 10.3. The third kappa shape index (κ3) is 5.68. The first-order valence-corrected chi connectivity index (χ1v) is 17.8. The van der Waals surface area contributed by atoms with E-state index < -0.39 is 26.7 Å². The zero-order valence-corrected chi connectivity index (χ0v) is 27.4. The number of benzene rings is 2. The Kier molecular flexibility index (Phi) is 8.09. The molecule has 46 heavy (non-hydrogen) atoms. The molecule has 4 heterocycles. The SMILES string of the molecule is Cc1nc2c(F)cc(-c3nc(Nc4ccc(S(=O)(=O)C5CCN(C6CC7(CCNCC7)C6)CC5)cc4)ncc3F)cc2n1C(C)C. The Morgan fingerprint density at radius 3 is 2.37 bits per heavy atom. The fourth-order valence-corrected chi connectivity index (χ4v) is 9.58. The Bertz CT molecular complexity index is 1850. The molecule has 1 saturated carbocycles. The third-order valence-corrected chi connectivity index (χ3v) is 12.6. The number of halogens is 2. The second kappa shape index (κ2) is 12.0. The van der Waals surface area contributed by atoms with Gasteiger partial charge in [-0.25, -0.2) is 32.2 Å². The highest BCUT2D eigenvalue weighted by atomic mass is 32.2. The van der Waals surface area contributed by atoms with E-state index >= 15 is 4.39 Å². The number of aromatic nitrogens is 4. The number of rotatable bonds is 7. The van der Waals surface area contributed by atoms with E-state index in [0.29, 0.717) is 41.3 Å². The van der Waals surface area contributed by atoms with E-state index in [0.717, 1.165) is 32.4 Å². The molecule has 0 bridgehead atoms. The summed E-state index contributed by atoms with van der Waals surface area (Å²) in [6.45, 7) is 9.64. The maximum atomic E-state index is 15.1. The summed E-state index contributed by atoms with van der Waals surface area (Å²) in [6.07, 6.45) is 7.33. The van der Waals surface area contributed by atoms with Crippen molar-refractivity contribution < 1.29 is 17.2 Å². The molecule has 0 radical (unpaired) electrons. The summed E-state index contributed by atoms with van der Waals surface area (Å²) in [4.78, 5) is 15.6. The molecule has 3 aliphatic rings.